The van der Waals surface area contributed by atoms with Gasteiger partial charge in [-0.25, -0.2) is 4.79 Å². The van der Waals surface area contributed by atoms with Crippen molar-refractivity contribution in [2.75, 3.05) is 7.11 Å². The first-order valence-electron chi connectivity index (χ1n) is 10.4. The Morgan fingerprint density at radius 3 is 2.35 bits per heavy atom. The zero-order valence-corrected chi connectivity index (χ0v) is 19.8. The summed E-state index contributed by atoms with van der Waals surface area (Å²) in [6.45, 7) is 9.45. The van der Waals surface area contributed by atoms with E-state index in [1.54, 1.807) is 39.2 Å². The van der Waals surface area contributed by atoms with Crippen LogP contribution in [0.15, 0.2) is 0 Å². The molecule has 0 aromatic carbocycles. The second-order valence-corrected chi connectivity index (χ2v) is 9.72. The number of nitrogens with one attached hydrogen (secondary N) is 1. The van der Waals surface area contributed by atoms with Gasteiger partial charge in [-0.3, -0.25) is 14.4 Å². The van der Waals surface area contributed by atoms with Gasteiger partial charge in [0, 0.05) is 24.2 Å². The van der Waals surface area contributed by atoms with Crippen molar-refractivity contribution >= 4 is 35.2 Å². The number of methoxy groups -OCH3 is 1. The summed E-state index contributed by atoms with van der Waals surface area (Å²) in [7, 11) is 1.24. The van der Waals surface area contributed by atoms with Crippen molar-refractivity contribution in [1.29, 1.82) is 0 Å². The van der Waals surface area contributed by atoms with Crippen LogP contribution in [0.2, 0.25) is 5.02 Å². The Labute approximate surface area is 187 Å². The molecule has 1 amide bonds. The van der Waals surface area contributed by atoms with Crippen LogP contribution in [0.1, 0.15) is 86.8 Å². The summed E-state index contributed by atoms with van der Waals surface area (Å²) in [5.74, 6) is -2.55. The molecule has 0 saturated carbocycles. The number of nitrogens with zero attached hydrogens (tertiary/aromatic N) is 1. The Hall–Kier alpha value is -2.35. The highest BCUT2D eigenvalue weighted by Crippen LogP contribution is 2.34. The van der Waals surface area contributed by atoms with Crippen molar-refractivity contribution in [1.82, 2.24) is 9.88 Å². The van der Waals surface area contributed by atoms with Crippen molar-refractivity contribution in [3.63, 3.8) is 0 Å². The number of aromatic nitrogens is 1. The quantitative estimate of drug-likeness (QED) is 0.366. The molecule has 172 valence electrons. The van der Waals surface area contributed by atoms with Crippen LogP contribution >= 0.6 is 11.6 Å². The van der Waals surface area contributed by atoms with E-state index in [1.807, 2.05) is 0 Å². The van der Waals surface area contributed by atoms with Gasteiger partial charge in [-0.15, -0.1) is 0 Å². The largest absolute Gasteiger partial charge is 0.465 e. The molecule has 0 radical (unpaired) electrons. The fraction of sp³-hybridized carbons (Fsp3) is 0.636. The number of esters is 2. The number of carbonyl (C=O) groups excluding carboxylic acids is 4. The van der Waals surface area contributed by atoms with Gasteiger partial charge in [0.05, 0.1) is 17.7 Å². The zero-order valence-electron chi connectivity index (χ0n) is 19.0. The van der Waals surface area contributed by atoms with Gasteiger partial charge >= 0.3 is 11.9 Å². The number of hydrogen-bond acceptors (Lipinski definition) is 6. The minimum Gasteiger partial charge on any atom is -0.465 e. The third-order valence-electron chi connectivity index (χ3n) is 4.97. The lowest BCUT2D eigenvalue weighted by atomic mass is 9.96. The normalized spacial score (nSPS) is 13.5. The van der Waals surface area contributed by atoms with E-state index in [-0.39, 0.29) is 28.7 Å². The van der Waals surface area contributed by atoms with Crippen LogP contribution in [0, 0.1) is 0 Å². The second-order valence-electron chi connectivity index (χ2n) is 9.34. The summed E-state index contributed by atoms with van der Waals surface area (Å²) in [4.78, 5) is 49.6. The van der Waals surface area contributed by atoms with Gasteiger partial charge in [-0.1, -0.05) is 11.6 Å². The standard InChI is InChI=1S/C22H31ClN2O6/c1-21(2,3)31-14(26)10-7-11-22(4,5)24-19(28)18(27)17-16(23)15(20(29)30-6)13-9-8-12-25(13)17/h7-12H2,1-6H3,(H,24,28). The summed E-state index contributed by atoms with van der Waals surface area (Å²) >= 11 is 6.33. The van der Waals surface area contributed by atoms with E-state index in [9.17, 15) is 19.2 Å². The molecule has 0 aliphatic carbocycles. The number of carbonyl (C=O) groups is 4. The Kier molecular flexibility index (Phi) is 7.57. The van der Waals surface area contributed by atoms with E-state index in [2.05, 4.69) is 5.32 Å². The second kappa shape index (κ2) is 9.42. The molecule has 1 aromatic rings. The fourth-order valence-electron chi connectivity index (χ4n) is 3.68. The molecule has 1 aliphatic heterocycles. The molecule has 31 heavy (non-hydrogen) atoms. The molecule has 1 aromatic heterocycles. The van der Waals surface area contributed by atoms with Gasteiger partial charge in [-0.2, -0.15) is 0 Å². The average molecular weight is 455 g/mol. The SMILES string of the molecule is COC(=O)c1c(Cl)c(C(=O)C(=O)NC(C)(C)CCCC(=O)OC(C)(C)C)n2c1CCC2. The Morgan fingerprint density at radius 1 is 1.13 bits per heavy atom. The zero-order chi connectivity index (χ0) is 23.6. The molecule has 2 heterocycles. The lowest BCUT2D eigenvalue weighted by molar-refractivity contribution is -0.154. The van der Waals surface area contributed by atoms with Crippen LogP contribution in [0.25, 0.3) is 0 Å². The Bertz CT molecular complexity index is 895. The van der Waals surface area contributed by atoms with E-state index in [4.69, 9.17) is 21.1 Å². The van der Waals surface area contributed by atoms with Gasteiger partial charge in [0.2, 0.25) is 0 Å². The molecule has 2 rings (SSSR count). The summed E-state index contributed by atoms with van der Waals surface area (Å²) in [6, 6.07) is 0. The fourth-order valence-corrected chi connectivity index (χ4v) is 4.05. The first kappa shape index (κ1) is 24.9. The number of ether oxygens (including phenoxy) is 2. The van der Waals surface area contributed by atoms with Crippen LogP contribution in [0.3, 0.4) is 0 Å². The molecule has 9 heteroatoms. The molecular weight excluding hydrogens is 424 g/mol. The van der Waals surface area contributed by atoms with Crippen molar-refractivity contribution in [2.45, 2.75) is 84.4 Å². The van der Waals surface area contributed by atoms with Gasteiger partial charge in [0.1, 0.15) is 11.3 Å². The average Bonchev–Trinajstić information content (AvgIpc) is 3.17. The first-order chi connectivity index (χ1) is 14.3. The maximum atomic E-state index is 12.9. The minimum absolute atomic E-state index is 0.0108. The number of rotatable bonds is 8. The summed E-state index contributed by atoms with van der Waals surface area (Å²) in [5.41, 5.74) is -0.504. The van der Waals surface area contributed by atoms with Crippen LogP contribution < -0.4 is 5.32 Å². The minimum atomic E-state index is -0.812. The highest BCUT2D eigenvalue weighted by atomic mass is 35.5. The number of Topliss-reactive ketones (excluding diaryl/α,β-unsaturated/α-hetero) is 1. The lowest BCUT2D eigenvalue weighted by Gasteiger charge is -2.26. The van der Waals surface area contributed by atoms with Crippen molar-refractivity contribution < 1.29 is 28.7 Å². The monoisotopic (exact) mass is 454 g/mol. The smallest absolute Gasteiger partial charge is 0.341 e. The molecule has 0 unspecified atom stereocenters. The third-order valence-corrected chi connectivity index (χ3v) is 5.34. The van der Waals surface area contributed by atoms with Gasteiger partial charge in [0.25, 0.3) is 11.7 Å². The molecule has 1 aliphatic rings. The molecule has 0 fully saturated rings. The molecule has 1 N–H and O–H groups in total. The van der Waals surface area contributed by atoms with Crippen LogP contribution in [0.4, 0.5) is 0 Å². The van der Waals surface area contributed by atoms with Crippen LogP contribution in [-0.2, 0) is 32.0 Å². The maximum Gasteiger partial charge on any atom is 0.341 e. The predicted molar refractivity (Wildman–Crippen MR) is 115 cm³/mol. The van der Waals surface area contributed by atoms with Gasteiger partial charge in [0.15, 0.2) is 0 Å². The maximum absolute atomic E-state index is 12.9. The summed E-state index contributed by atoms with van der Waals surface area (Å²) in [6.07, 6.45) is 2.50. The topological polar surface area (TPSA) is 104 Å². The van der Waals surface area contributed by atoms with E-state index < -0.39 is 28.8 Å². The van der Waals surface area contributed by atoms with E-state index in [0.29, 0.717) is 31.5 Å². The Balaban J connectivity index is 2.06. The third kappa shape index (κ3) is 6.09. The van der Waals surface area contributed by atoms with Gasteiger partial charge < -0.3 is 19.4 Å². The molecule has 0 spiro atoms. The lowest BCUT2D eigenvalue weighted by Crippen LogP contribution is -2.46. The van der Waals surface area contributed by atoms with Crippen molar-refractivity contribution in [3.8, 4) is 0 Å². The number of amides is 1. The predicted octanol–water partition coefficient (Wildman–Crippen LogP) is 3.46. The molecule has 0 atom stereocenters. The van der Waals surface area contributed by atoms with Crippen molar-refractivity contribution in [2.24, 2.45) is 0 Å². The molecule has 8 nitrogen and oxygen atoms in total. The van der Waals surface area contributed by atoms with Crippen LogP contribution in [0.5, 0.6) is 0 Å². The van der Waals surface area contributed by atoms with E-state index in [0.717, 1.165) is 6.42 Å². The van der Waals surface area contributed by atoms with E-state index >= 15 is 0 Å². The number of ketones is 1. The first-order valence-corrected chi connectivity index (χ1v) is 10.7. The molecule has 0 saturated heterocycles. The number of halogens is 1. The van der Waals surface area contributed by atoms with E-state index in [1.165, 1.54) is 7.11 Å². The van der Waals surface area contributed by atoms with Crippen molar-refractivity contribution in [3.05, 3.63) is 22.0 Å². The van der Waals surface area contributed by atoms with Crippen LogP contribution in [-0.4, -0.2) is 46.4 Å². The number of hydrogen-bond donors (Lipinski definition) is 1. The molecule has 0 bridgehead atoms. The highest BCUT2D eigenvalue weighted by Gasteiger charge is 2.36. The van der Waals surface area contributed by atoms with Gasteiger partial charge in [-0.05, 0) is 60.3 Å². The Morgan fingerprint density at radius 2 is 1.77 bits per heavy atom. The molecular formula is C22H31ClN2O6. The highest BCUT2D eigenvalue weighted by molar-refractivity contribution is 6.47. The summed E-state index contributed by atoms with van der Waals surface area (Å²) < 4.78 is 11.7. The number of fused-ring (bicyclic) bond motifs is 1. The summed E-state index contributed by atoms with van der Waals surface area (Å²) in [5, 5.41) is 2.67.